The maximum Gasteiger partial charge on any atom is 0.234 e. The Morgan fingerprint density at radius 1 is 1.13 bits per heavy atom. The minimum Gasteiger partial charge on any atom is -0.486 e. The minimum atomic E-state index is 0.0688. The van der Waals surface area contributed by atoms with Crippen LogP contribution in [0.1, 0.15) is 18.7 Å². The number of nitrogens with one attached hydrogen (secondary N) is 1. The molecule has 1 fully saturated rings. The lowest BCUT2D eigenvalue weighted by molar-refractivity contribution is -0.122. The summed E-state index contributed by atoms with van der Waals surface area (Å²) < 4.78 is 8.32. The smallest absolute Gasteiger partial charge is 0.234 e. The molecule has 4 rings (SSSR count). The van der Waals surface area contributed by atoms with Crippen molar-refractivity contribution < 1.29 is 9.53 Å². The van der Waals surface area contributed by atoms with Crippen molar-refractivity contribution in [1.82, 2.24) is 19.8 Å². The van der Waals surface area contributed by atoms with Crippen LogP contribution in [0.25, 0.3) is 11.0 Å². The fourth-order valence-corrected chi connectivity index (χ4v) is 4.13. The molecule has 0 atom stereocenters. The van der Waals surface area contributed by atoms with E-state index in [4.69, 9.17) is 9.72 Å². The molecule has 1 aliphatic heterocycles. The van der Waals surface area contributed by atoms with E-state index in [0.717, 1.165) is 55.1 Å². The summed E-state index contributed by atoms with van der Waals surface area (Å²) in [5, 5.41) is 2.86. The molecule has 2 aromatic carbocycles. The predicted octanol–water partition coefficient (Wildman–Crippen LogP) is 3.63. The summed E-state index contributed by atoms with van der Waals surface area (Å²) in [5.74, 6) is 2.43. The summed E-state index contributed by atoms with van der Waals surface area (Å²) in [5.41, 5.74) is 2.16. The SMILES string of the molecule is C=CCNC(=O)CN1CCC(Cn2c(COc3ccccc3)nc3ccccc32)CC1. The number of hydrogen-bond donors (Lipinski definition) is 1. The third-order valence-electron chi connectivity index (χ3n) is 5.80. The van der Waals surface area contributed by atoms with Gasteiger partial charge in [0.2, 0.25) is 5.91 Å². The summed E-state index contributed by atoms with van der Waals surface area (Å²) in [7, 11) is 0. The minimum absolute atomic E-state index is 0.0688. The molecule has 1 aliphatic rings. The number of carbonyl (C=O) groups is 1. The van der Waals surface area contributed by atoms with E-state index >= 15 is 0 Å². The van der Waals surface area contributed by atoms with Gasteiger partial charge < -0.3 is 14.6 Å². The van der Waals surface area contributed by atoms with Crippen molar-refractivity contribution in [3.8, 4) is 5.75 Å². The normalized spacial score (nSPS) is 15.1. The van der Waals surface area contributed by atoms with Crippen LogP contribution >= 0.6 is 0 Å². The van der Waals surface area contributed by atoms with E-state index in [-0.39, 0.29) is 5.91 Å². The van der Waals surface area contributed by atoms with Crippen LogP contribution in [0.3, 0.4) is 0 Å². The van der Waals surface area contributed by atoms with Crippen molar-refractivity contribution >= 4 is 16.9 Å². The Morgan fingerprint density at radius 2 is 1.87 bits per heavy atom. The van der Waals surface area contributed by atoms with Crippen molar-refractivity contribution in [3.63, 3.8) is 0 Å². The van der Waals surface area contributed by atoms with Gasteiger partial charge in [0.25, 0.3) is 0 Å². The van der Waals surface area contributed by atoms with Crippen molar-refractivity contribution in [1.29, 1.82) is 0 Å². The number of amides is 1. The van der Waals surface area contributed by atoms with Crippen LogP contribution in [0, 0.1) is 5.92 Å². The molecule has 0 unspecified atom stereocenters. The number of hydrogen-bond acceptors (Lipinski definition) is 4. The molecule has 0 spiro atoms. The molecule has 1 N–H and O–H groups in total. The number of nitrogens with zero attached hydrogens (tertiary/aromatic N) is 3. The third kappa shape index (κ3) is 5.52. The average molecular weight is 419 g/mol. The lowest BCUT2D eigenvalue weighted by Crippen LogP contribution is -2.42. The van der Waals surface area contributed by atoms with Crippen molar-refractivity contribution in [3.05, 3.63) is 73.1 Å². The van der Waals surface area contributed by atoms with Gasteiger partial charge in [-0.25, -0.2) is 4.98 Å². The predicted molar refractivity (Wildman–Crippen MR) is 123 cm³/mol. The van der Waals surface area contributed by atoms with Crippen LogP contribution in [0.4, 0.5) is 0 Å². The summed E-state index contributed by atoms with van der Waals surface area (Å²) in [6.07, 6.45) is 3.85. The zero-order chi connectivity index (χ0) is 21.5. The van der Waals surface area contributed by atoms with Crippen LogP contribution in [0.2, 0.25) is 0 Å². The second-order valence-corrected chi connectivity index (χ2v) is 8.04. The number of benzene rings is 2. The van der Waals surface area contributed by atoms with Gasteiger partial charge in [0, 0.05) is 13.1 Å². The Bertz CT molecular complexity index is 1010. The number of rotatable bonds is 9. The Labute approximate surface area is 183 Å². The van der Waals surface area contributed by atoms with E-state index < -0.39 is 0 Å². The highest BCUT2D eigenvalue weighted by Crippen LogP contribution is 2.24. The molecular formula is C25H30N4O2. The molecule has 0 bridgehead atoms. The Hall–Kier alpha value is -3.12. The van der Waals surface area contributed by atoms with E-state index in [1.165, 1.54) is 0 Å². The third-order valence-corrected chi connectivity index (χ3v) is 5.80. The zero-order valence-electron chi connectivity index (χ0n) is 17.9. The number of ether oxygens (including phenoxy) is 1. The number of para-hydroxylation sites is 3. The van der Waals surface area contributed by atoms with E-state index in [2.05, 4.69) is 39.6 Å². The van der Waals surface area contributed by atoms with Gasteiger partial charge in [-0.05, 0) is 56.1 Å². The van der Waals surface area contributed by atoms with Crippen LogP contribution in [-0.4, -0.2) is 46.5 Å². The van der Waals surface area contributed by atoms with Gasteiger partial charge >= 0.3 is 0 Å². The molecule has 0 aliphatic carbocycles. The first-order chi connectivity index (χ1) is 15.2. The summed E-state index contributed by atoms with van der Waals surface area (Å²) >= 11 is 0. The highest BCUT2D eigenvalue weighted by atomic mass is 16.5. The van der Waals surface area contributed by atoms with Gasteiger partial charge in [-0.3, -0.25) is 9.69 Å². The van der Waals surface area contributed by atoms with Crippen molar-refractivity contribution in [2.45, 2.75) is 26.0 Å². The standard InChI is InChI=1S/C25H30N4O2/c1-2-14-26-25(30)18-28-15-12-20(13-16-28)17-29-23-11-7-6-10-22(23)27-24(29)19-31-21-8-4-3-5-9-21/h2-11,20H,1,12-19H2,(H,26,30). The zero-order valence-corrected chi connectivity index (χ0v) is 17.9. The molecule has 1 amide bonds. The average Bonchev–Trinajstić information content (AvgIpc) is 3.15. The molecule has 6 nitrogen and oxygen atoms in total. The van der Waals surface area contributed by atoms with Gasteiger partial charge in [-0.1, -0.05) is 36.4 Å². The van der Waals surface area contributed by atoms with Crippen LogP contribution in [-0.2, 0) is 17.9 Å². The molecule has 3 aromatic rings. The molecule has 0 radical (unpaired) electrons. The lowest BCUT2D eigenvalue weighted by Gasteiger charge is -2.32. The Morgan fingerprint density at radius 3 is 2.65 bits per heavy atom. The van der Waals surface area contributed by atoms with Crippen LogP contribution < -0.4 is 10.1 Å². The summed E-state index contributed by atoms with van der Waals surface area (Å²) in [4.78, 5) is 19.0. The van der Waals surface area contributed by atoms with Crippen LogP contribution in [0.15, 0.2) is 67.3 Å². The van der Waals surface area contributed by atoms with Gasteiger partial charge in [-0.2, -0.15) is 0 Å². The lowest BCUT2D eigenvalue weighted by atomic mass is 9.96. The van der Waals surface area contributed by atoms with Crippen molar-refractivity contribution in [2.75, 3.05) is 26.2 Å². The fourth-order valence-electron chi connectivity index (χ4n) is 4.13. The van der Waals surface area contributed by atoms with Gasteiger partial charge in [0.1, 0.15) is 18.2 Å². The summed E-state index contributed by atoms with van der Waals surface area (Å²) in [6, 6.07) is 18.1. The largest absolute Gasteiger partial charge is 0.486 e. The van der Waals surface area contributed by atoms with Gasteiger partial charge in [-0.15, -0.1) is 6.58 Å². The number of aromatic nitrogens is 2. The van der Waals surface area contributed by atoms with E-state index in [1.54, 1.807) is 6.08 Å². The number of carbonyl (C=O) groups excluding carboxylic acids is 1. The number of piperidine rings is 1. The molecule has 6 heteroatoms. The Kier molecular flexibility index (Phi) is 6.99. The summed E-state index contributed by atoms with van der Waals surface area (Å²) in [6.45, 7) is 7.87. The quantitative estimate of drug-likeness (QED) is 0.539. The maximum atomic E-state index is 12.0. The molecule has 31 heavy (non-hydrogen) atoms. The molecular weight excluding hydrogens is 388 g/mol. The molecule has 1 saturated heterocycles. The highest BCUT2D eigenvalue weighted by Gasteiger charge is 2.23. The van der Waals surface area contributed by atoms with E-state index in [9.17, 15) is 4.79 Å². The number of likely N-dealkylation sites (tertiary alicyclic amines) is 1. The first-order valence-electron chi connectivity index (χ1n) is 10.9. The second-order valence-electron chi connectivity index (χ2n) is 8.04. The molecule has 2 heterocycles. The van der Waals surface area contributed by atoms with Gasteiger partial charge in [0.05, 0.1) is 17.6 Å². The van der Waals surface area contributed by atoms with E-state index in [0.29, 0.717) is 25.6 Å². The molecule has 0 saturated carbocycles. The first kappa shape index (κ1) is 21.1. The monoisotopic (exact) mass is 418 g/mol. The topological polar surface area (TPSA) is 59.4 Å². The second kappa shape index (κ2) is 10.3. The van der Waals surface area contributed by atoms with Crippen molar-refractivity contribution in [2.24, 2.45) is 5.92 Å². The molecule has 162 valence electrons. The van der Waals surface area contributed by atoms with E-state index in [1.807, 2.05) is 36.4 Å². The number of fused-ring (bicyclic) bond motifs is 1. The van der Waals surface area contributed by atoms with Crippen LogP contribution in [0.5, 0.6) is 5.75 Å². The number of imidazole rings is 1. The Balaban J connectivity index is 1.40. The fraction of sp³-hybridized carbons (Fsp3) is 0.360. The van der Waals surface area contributed by atoms with Gasteiger partial charge in [0.15, 0.2) is 0 Å². The molecule has 1 aromatic heterocycles. The maximum absolute atomic E-state index is 12.0. The first-order valence-corrected chi connectivity index (χ1v) is 10.9. The highest BCUT2D eigenvalue weighted by molar-refractivity contribution is 5.78.